The monoisotopic (exact) mass is 321 g/mol. The van der Waals surface area contributed by atoms with Gasteiger partial charge in [0.25, 0.3) is 0 Å². The summed E-state index contributed by atoms with van der Waals surface area (Å²) in [5.41, 5.74) is 0.324. The highest BCUT2D eigenvalue weighted by molar-refractivity contribution is 6.33. The van der Waals surface area contributed by atoms with Gasteiger partial charge in [-0.1, -0.05) is 11.6 Å². The average molecular weight is 322 g/mol. The number of aromatic nitrogens is 3. The van der Waals surface area contributed by atoms with Crippen LogP contribution in [0.4, 0.5) is 16.0 Å². The molecule has 0 aromatic carbocycles. The number of piperidine rings is 1. The molecule has 0 radical (unpaired) electrons. The predicted octanol–water partition coefficient (Wildman–Crippen LogP) is 2.99. The van der Waals surface area contributed by atoms with E-state index in [4.69, 9.17) is 11.6 Å². The van der Waals surface area contributed by atoms with Crippen molar-refractivity contribution < 1.29 is 4.39 Å². The van der Waals surface area contributed by atoms with Crippen molar-refractivity contribution >= 4 is 23.2 Å². The van der Waals surface area contributed by atoms with Crippen LogP contribution in [0, 0.1) is 11.7 Å². The maximum absolute atomic E-state index is 13.7. The zero-order chi connectivity index (χ0) is 15.4. The molecule has 1 aliphatic heterocycles. The molecule has 0 bridgehead atoms. The molecule has 22 heavy (non-hydrogen) atoms. The minimum Gasteiger partial charge on any atom is -0.381 e. The largest absolute Gasteiger partial charge is 0.381 e. The number of halogens is 2. The van der Waals surface area contributed by atoms with E-state index in [-0.39, 0.29) is 0 Å². The molecule has 7 heteroatoms. The molecule has 1 aliphatic rings. The Balaban J connectivity index is 1.61. The molecule has 1 atom stereocenters. The van der Waals surface area contributed by atoms with Crippen LogP contribution in [0.1, 0.15) is 12.8 Å². The van der Waals surface area contributed by atoms with Gasteiger partial charge in [0, 0.05) is 38.2 Å². The van der Waals surface area contributed by atoms with Crippen LogP contribution in [-0.4, -0.2) is 34.6 Å². The number of hydrogen-bond donors (Lipinski definition) is 1. The summed E-state index contributed by atoms with van der Waals surface area (Å²) < 4.78 is 13.7. The molecule has 0 spiro atoms. The summed E-state index contributed by atoms with van der Waals surface area (Å²) in [6.07, 6.45) is 8.25. The molecular weight excluding hydrogens is 305 g/mol. The Hall–Kier alpha value is -1.95. The normalized spacial score (nSPS) is 18.3. The molecule has 2 aromatic rings. The molecule has 116 valence electrons. The van der Waals surface area contributed by atoms with Gasteiger partial charge < -0.3 is 10.2 Å². The van der Waals surface area contributed by atoms with Gasteiger partial charge in [-0.15, -0.1) is 0 Å². The lowest BCUT2D eigenvalue weighted by Crippen LogP contribution is -2.39. The molecule has 0 saturated carbocycles. The number of nitrogens with one attached hydrogen (secondary N) is 1. The molecule has 1 fully saturated rings. The van der Waals surface area contributed by atoms with Crippen molar-refractivity contribution in [3.8, 4) is 0 Å². The lowest BCUT2D eigenvalue weighted by Gasteiger charge is -2.33. The average Bonchev–Trinajstić information content (AvgIpc) is 2.55. The van der Waals surface area contributed by atoms with Crippen LogP contribution in [0.5, 0.6) is 0 Å². The number of pyridine rings is 1. The Morgan fingerprint density at radius 3 is 2.91 bits per heavy atom. The molecular formula is C15H17ClFN5. The van der Waals surface area contributed by atoms with E-state index in [1.807, 2.05) is 0 Å². The van der Waals surface area contributed by atoms with Crippen molar-refractivity contribution in [1.82, 2.24) is 15.0 Å². The highest BCUT2D eigenvalue weighted by Gasteiger charge is 2.22. The van der Waals surface area contributed by atoms with Crippen LogP contribution in [0.3, 0.4) is 0 Å². The van der Waals surface area contributed by atoms with Crippen molar-refractivity contribution in [2.45, 2.75) is 12.8 Å². The van der Waals surface area contributed by atoms with E-state index in [9.17, 15) is 4.39 Å². The molecule has 5 nitrogen and oxygen atoms in total. The fraction of sp³-hybridized carbons (Fsp3) is 0.400. The first-order valence-corrected chi connectivity index (χ1v) is 7.66. The maximum Gasteiger partial charge on any atom is 0.225 e. The van der Waals surface area contributed by atoms with Gasteiger partial charge in [0.2, 0.25) is 5.95 Å². The molecule has 1 saturated heterocycles. The smallest absolute Gasteiger partial charge is 0.225 e. The highest BCUT2D eigenvalue weighted by atomic mass is 35.5. The van der Waals surface area contributed by atoms with Crippen LogP contribution < -0.4 is 10.2 Å². The van der Waals surface area contributed by atoms with Crippen LogP contribution in [0.25, 0.3) is 0 Å². The highest BCUT2D eigenvalue weighted by Crippen LogP contribution is 2.25. The molecule has 1 unspecified atom stereocenters. The van der Waals surface area contributed by atoms with Crippen LogP contribution in [-0.2, 0) is 0 Å². The van der Waals surface area contributed by atoms with Crippen molar-refractivity contribution in [2.75, 3.05) is 29.9 Å². The quantitative estimate of drug-likeness (QED) is 0.938. The van der Waals surface area contributed by atoms with Gasteiger partial charge in [0.15, 0.2) is 5.82 Å². The number of nitrogens with zero attached hydrogens (tertiary/aromatic N) is 4. The van der Waals surface area contributed by atoms with Crippen LogP contribution in [0.15, 0.2) is 30.9 Å². The van der Waals surface area contributed by atoms with E-state index >= 15 is 0 Å². The third-order valence-corrected chi connectivity index (χ3v) is 4.06. The third kappa shape index (κ3) is 3.44. The van der Waals surface area contributed by atoms with Gasteiger partial charge in [0.05, 0.1) is 16.9 Å². The maximum atomic E-state index is 13.7. The van der Waals surface area contributed by atoms with Gasteiger partial charge in [0.1, 0.15) is 0 Å². The lowest BCUT2D eigenvalue weighted by atomic mass is 9.98. The minimum atomic E-state index is -0.424. The number of hydrogen-bond acceptors (Lipinski definition) is 5. The van der Waals surface area contributed by atoms with E-state index in [1.54, 1.807) is 18.5 Å². The molecule has 0 amide bonds. The lowest BCUT2D eigenvalue weighted by molar-refractivity contribution is 0.427. The predicted molar refractivity (Wildman–Crippen MR) is 84.7 cm³/mol. The SMILES string of the molecule is Fc1cncc(Cl)c1NCC1CCCN(c2ncccn2)C1. The summed E-state index contributed by atoms with van der Waals surface area (Å²) in [6, 6.07) is 1.81. The topological polar surface area (TPSA) is 53.9 Å². The van der Waals surface area contributed by atoms with E-state index in [1.165, 1.54) is 12.4 Å². The van der Waals surface area contributed by atoms with Crippen LogP contribution >= 0.6 is 11.6 Å². The Kier molecular flexibility index (Phi) is 4.68. The fourth-order valence-electron chi connectivity index (χ4n) is 2.69. The van der Waals surface area contributed by atoms with E-state index < -0.39 is 5.82 Å². The first-order chi connectivity index (χ1) is 10.7. The zero-order valence-corrected chi connectivity index (χ0v) is 12.8. The van der Waals surface area contributed by atoms with E-state index in [0.717, 1.165) is 31.9 Å². The second-order valence-electron chi connectivity index (χ2n) is 5.36. The summed E-state index contributed by atoms with van der Waals surface area (Å²) in [7, 11) is 0. The Morgan fingerprint density at radius 2 is 2.14 bits per heavy atom. The summed E-state index contributed by atoms with van der Waals surface area (Å²) in [4.78, 5) is 14.5. The van der Waals surface area contributed by atoms with Crippen molar-refractivity contribution in [3.63, 3.8) is 0 Å². The van der Waals surface area contributed by atoms with Gasteiger partial charge >= 0.3 is 0 Å². The Bertz CT molecular complexity index is 604. The molecule has 0 aliphatic carbocycles. The third-order valence-electron chi connectivity index (χ3n) is 3.77. The van der Waals surface area contributed by atoms with Gasteiger partial charge in [-0.25, -0.2) is 14.4 Å². The summed E-state index contributed by atoms with van der Waals surface area (Å²) in [5, 5.41) is 3.41. The van der Waals surface area contributed by atoms with Gasteiger partial charge in [-0.05, 0) is 24.8 Å². The Labute approximate surface area is 133 Å². The minimum absolute atomic E-state index is 0.305. The standard InChI is InChI=1S/C15H17ClFN5/c16-12-8-18-9-13(17)14(12)21-7-11-3-1-6-22(10-11)15-19-4-2-5-20-15/h2,4-5,8-9,11H,1,3,6-7,10H2,(H,18,21). The first kappa shape index (κ1) is 15.0. The molecule has 1 N–H and O–H groups in total. The summed E-state index contributed by atoms with van der Waals surface area (Å²) in [6.45, 7) is 2.45. The van der Waals surface area contributed by atoms with Gasteiger partial charge in [-0.3, -0.25) is 4.98 Å². The number of rotatable bonds is 4. The van der Waals surface area contributed by atoms with Crippen molar-refractivity contribution in [2.24, 2.45) is 5.92 Å². The molecule has 3 heterocycles. The molecule has 3 rings (SSSR count). The molecule has 2 aromatic heterocycles. The number of anilines is 2. The Morgan fingerprint density at radius 1 is 1.32 bits per heavy atom. The van der Waals surface area contributed by atoms with E-state index in [0.29, 0.717) is 23.2 Å². The summed E-state index contributed by atoms with van der Waals surface area (Å²) >= 11 is 5.98. The van der Waals surface area contributed by atoms with Crippen molar-refractivity contribution in [1.29, 1.82) is 0 Å². The van der Waals surface area contributed by atoms with Crippen molar-refractivity contribution in [3.05, 3.63) is 41.7 Å². The summed E-state index contributed by atoms with van der Waals surface area (Å²) in [5.74, 6) is 0.716. The first-order valence-electron chi connectivity index (χ1n) is 7.29. The van der Waals surface area contributed by atoms with Crippen LogP contribution in [0.2, 0.25) is 5.02 Å². The second kappa shape index (κ2) is 6.87. The zero-order valence-electron chi connectivity index (χ0n) is 12.0. The van der Waals surface area contributed by atoms with Gasteiger partial charge in [-0.2, -0.15) is 0 Å². The fourth-order valence-corrected chi connectivity index (χ4v) is 2.91. The second-order valence-corrected chi connectivity index (χ2v) is 5.77. The van der Waals surface area contributed by atoms with E-state index in [2.05, 4.69) is 25.2 Å².